The van der Waals surface area contributed by atoms with Gasteiger partial charge in [0.05, 0.1) is 14.2 Å². The van der Waals surface area contributed by atoms with Gasteiger partial charge in [0.25, 0.3) is 0 Å². The number of hydrogen-bond acceptors (Lipinski definition) is 5. The van der Waals surface area contributed by atoms with Crippen molar-refractivity contribution in [2.24, 2.45) is 0 Å². The van der Waals surface area contributed by atoms with Gasteiger partial charge in [0.2, 0.25) is 11.6 Å². The molecule has 0 spiro atoms. The Morgan fingerprint density at radius 3 is 2.33 bits per heavy atom. The van der Waals surface area contributed by atoms with Crippen molar-refractivity contribution in [3.05, 3.63) is 42.1 Å². The van der Waals surface area contributed by atoms with Gasteiger partial charge in [-0.2, -0.15) is 0 Å². The Kier molecular flexibility index (Phi) is 5.00. The third kappa shape index (κ3) is 3.44. The van der Waals surface area contributed by atoms with Crippen LogP contribution in [0.5, 0.6) is 23.1 Å². The Morgan fingerprint density at radius 1 is 1.10 bits per heavy atom. The summed E-state index contributed by atoms with van der Waals surface area (Å²) < 4.78 is 16.5. The first-order valence-electron chi connectivity index (χ1n) is 6.71. The van der Waals surface area contributed by atoms with Crippen molar-refractivity contribution in [3.63, 3.8) is 0 Å². The largest absolute Gasteiger partial charge is 0.493 e. The number of pyridine rings is 1. The smallest absolute Gasteiger partial charge is 0.219 e. The van der Waals surface area contributed by atoms with Crippen molar-refractivity contribution in [2.45, 2.75) is 13.0 Å². The molecule has 2 aromatic rings. The minimum Gasteiger partial charge on any atom is -0.493 e. The van der Waals surface area contributed by atoms with Gasteiger partial charge in [-0.15, -0.1) is 0 Å². The molecule has 112 valence electrons. The molecule has 21 heavy (non-hydrogen) atoms. The number of para-hydroxylation sites is 1. The topological polar surface area (TPSA) is 52.6 Å². The molecule has 1 atom stereocenters. The zero-order valence-corrected chi connectivity index (χ0v) is 12.7. The Labute approximate surface area is 124 Å². The molecule has 0 aliphatic heterocycles. The van der Waals surface area contributed by atoms with Gasteiger partial charge in [-0.1, -0.05) is 6.07 Å². The zero-order chi connectivity index (χ0) is 15.2. The quantitative estimate of drug-likeness (QED) is 0.884. The molecule has 1 aromatic heterocycles. The molecule has 5 nitrogen and oxygen atoms in total. The van der Waals surface area contributed by atoms with E-state index in [9.17, 15) is 0 Å². The van der Waals surface area contributed by atoms with Gasteiger partial charge < -0.3 is 19.5 Å². The number of nitrogens with zero attached hydrogens (tertiary/aromatic N) is 1. The minimum atomic E-state index is 0.218. The van der Waals surface area contributed by atoms with E-state index in [2.05, 4.69) is 17.2 Å². The molecule has 0 amide bonds. The summed E-state index contributed by atoms with van der Waals surface area (Å²) in [6, 6.07) is 9.54. The van der Waals surface area contributed by atoms with Crippen molar-refractivity contribution in [1.29, 1.82) is 0 Å². The predicted octanol–water partition coefficient (Wildman–Crippen LogP) is 3.17. The highest BCUT2D eigenvalue weighted by Crippen LogP contribution is 2.39. The van der Waals surface area contributed by atoms with Crippen LogP contribution in [0.1, 0.15) is 18.5 Å². The fraction of sp³-hybridized carbons (Fsp3) is 0.312. The first-order chi connectivity index (χ1) is 10.2. The molecule has 0 saturated heterocycles. The lowest BCUT2D eigenvalue weighted by Crippen LogP contribution is -2.12. The third-order valence-electron chi connectivity index (χ3n) is 3.28. The normalized spacial score (nSPS) is 11.8. The van der Waals surface area contributed by atoms with E-state index in [0.717, 1.165) is 5.56 Å². The maximum Gasteiger partial charge on any atom is 0.219 e. The standard InChI is InChI=1S/C16H20N2O3/c1-11(17-2)12-8-9-18-15(10-12)21-16-13(19-3)6-5-7-14(16)20-4/h5-11,17H,1-4H3. The van der Waals surface area contributed by atoms with E-state index in [0.29, 0.717) is 23.1 Å². The molecule has 0 aliphatic carbocycles. The first-order valence-corrected chi connectivity index (χ1v) is 6.71. The average molecular weight is 288 g/mol. The van der Waals surface area contributed by atoms with E-state index in [1.54, 1.807) is 20.4 Å². The predicted molar refractivity (Wildman–Crippen MR) is 81.3 cm³/mol. The first kappa shape index (κ1) is 15.1. The molecule has 1 unspecified atom stereocenters. The monoisotopic (exact) mass is 288 g/mol. The molecule has 0 aliphatic rings. The lowest BCUT2D eigenvalue weighted by Gasteiger charge is -2.15. The van der Waals surface area contributed by atoms with Crippen LogP contribution in [0.4, 0.5) is 0 Å². The van der Waals surface area contributed by atoms with Crippen LogP contribution in [-0.2, 0) is 0 Å². The van der Waals surface area contributed by atoms with E-state index in [1.807, 2.05) is 37.4 Å². The Morgan fingerprint density at radius 2 is 1.76 bits per heavy atom. The third-order valence-corrected chi connectivity index (χ3v) is 3.28. The Bertz CT molecular complexity index is 580. The number of rotatable bonds is 6. The molecule has 5 heteroatoms. The van der Waals surface area contributed by atoms with Crippen LogP contribution < -0.4 is 19.5 Å². The zero-order valence-electron chi connectivity index (χ0n) is 12.7. The van der Waals surface area contributed by atoms with Crippen LogP contribution in [0.25, 0.3) is 0 Å². The maximum absolute atomic E-state index is 5.87. The van der Waals surface area contributed by atoms with Gasteiger partial charge >= 0.3 is 0 Å². The molecule has 0 fully saturated rings. The number of benzene rings is 1. The summed E-state index contributed by atoms with van der Waals surface area (Å²) >= 11 is 0. The molecule has 0 bridgehead atoms. The summed E-state index contributed by atoms with van der Waals surface area (Å²) in [5.41, 5.74) is 1.09. The van der Waals surface area contributed by atoms with Gasteiger partial charge in [0, 0.05) is 18.3 Å². The number of methoxy groups -OCH3 is 2. The number of ether oxygens (including phenoxy) is 3. The van der Waals surface area contributed by atoms with Crippen LogP contribution >= 0.6 is 0 Å². The van der Waals surface area contributed by atoms with Gasteiger partial charge in [-0.25, -0.2) is 4.98 Å². The average Bonchev–Trinajstić information content (AvgIpc) is 2.54. The van der Waals surface area contributed by atoms with Crippen molar-refractivity contribution < 1.29 is 14.2 Å². The number of aromatic nitrogens is 1. The lowest BCUT2D eigenvalue weighted by molar-refractivity contribution is 0.341. The van der Waals surface area contributed by atoms with Crippen molar-refractivity contribution in [2.75, 3.05) is 21.3 Å². The van der Waals surface area contributed by atoms with Crippen LogP contribution in [0.15, 0.2) is 36.5 Å². The second-order valence-corrected chi connectivity index (χ2v) is 4.53. The van der Waals surface area contributed by atoms with E-state index >= 15 is 0 Å². The molecule has 0 saturated carbocycles. The Balaban J connectivity index is 2.34. The highest BCUT2D eigenvalue weighted by Gasteiger charge is 2.14. The fourth-order valence-corrected chi connectivity index (χ4v) is 1.94. The van der Waals surface area contributed by atoms with Gasteiger partial charge in [0.1, 0.15) is 0 Å². The highest BCUT2D eigenvalue weighted by molar-refractivity contribution is 5.52. The van der Waals surface area contributed by atoms with Gasteiger partial charge in [-0.3, -0.25) is 0 Å². The fourth-order valence-electron chi connectivity index (χ4n) is 1.94. The second kappa shape index (κ2) is 6.95. The van der Waals surface area contributed by atoms with Crippen molar-refractivity contribution >= 4 is 0 Å². The molecule has 1 aromatic carbocycles. The van der Waals surface area contributed by atoms with Crippen LogP contribution in [0.3, 0.4) is 0 Å². The van der Waals surface area contributed by atoms with E-state index < -0.39 is 0 Å². The minimum absolute atomic E-state index is 0.218. The molecule has 2 rings (SSSR count). The number of hydrogen-bond donors (Lipinski definition) is 1. The second-order valence-electron chi connectivity index (χ2n) is 4.53. The Hall–Kier alpha value is -2.27. The van der Waals surface area contributed by atoms with Gasteiger partial charge in [0.15, 0.2) is 11.5 Å². The molecule has 0 radical (unpaired) electrons. The van der Waals surface area contributed by atoms with Crippen LogP contribution in [0, 0.1) is 0 Å². The molecular weight excluding hydrogens is 268 g/mol. The summed E-state index contributed by atoms with van der Waals surface area (Å²) in [6.07, 6.45) is 1.72. The van der Waals surface area contributed by atoms with E-state index in [4.69, 9.17) is 14.2 Å². The summed E-state index contributed by atoms with van der Waals surface area (Å²) in [7, 11) is 5.10. The summed E-state index contributed by atoms with van der Waals surface area (Å²) in [5.74, 6) is 2.22. The van der Waals surface area contributed by atoms with Crippen LogP contribution in [0.2, 0.25) is 0 Å². The lowest BCUT2D eigenvalue weighted by atomic mass is 10.1. The van der Waals surface area contributed by atoms with E-state index in [1.165, 1.54) is 0 Å². The molecule has 1 heterocycles. The van der Waals surface area contributed by atoms with E-state index in [-0.39, 0.29) is 6.04 Å². The van der Waals surface area contributed by atoms with Crippen molar-refractivity contribution in [3.8, 4) is 23.1 Å². The van der Waals surface area contributed by atoms with Crippen LogP contribution in [-0.4, -0.2) is 26.3 Å². The molecule has 1 N–H and O–H groups in total. The maximum atomic E-state index is 5.87. The SMILES string of the molecule is CNC(C)c1ccnc(Oc2c(OC)cccc2OC)c1. The summed E-state index contributed by atoms with van der Waals surface area (Å²) in [4.78, 5) is 4.24. The van der Waals surface area contributed by atoms with Gasteiger partial charge in [-0.05, 0) is 37.7 Å². The number of nitrogens with one attached hydrogen (secondary N) is 1. The highest BCUT2D eigenvalue weighted by atomic mass is 16.5. The van der Waals surface area contributed by atoms with Crippen molar-refractivity contribution in [1.82, 2.24) is 10.3 Å². The summed E-state index contributed by atoms with van der Waals surface area (Å²) in [6.45, 7) is 2.07. The summed E-state index contributed by atoms with van der Waals surface area (Å²) in [5, 5.41) is 3.18. The molecular formula is C16H20N2O3.